The highest BCUT2D eigenvalue weighted by Gasteiger charge is 2.35. The van der Waals surface area contributed by atoms with Gasteiger partial charge in [0, 0.05) is 24.7 Å². The zero-order chi connectivity index (χ0) is 20.6. The maximum Gasteiger partial charge on any atom is 0.433 e. The molecule has 11 heteroatoms. The Balaban J connectivity index is 1.73. The molecule has 3 aromatic rings. The highest BCUT2D eigenvalue weighted by molar-refractivity contribution is 5.93. The number of alkyl halides is 3. The second-order valence-corrected chi connectivity index (χ2v) is 6.37. The van der Waals surface area contributed by atoms with Gasteiger partial charge in [-0.2, -0.15) is 18.3 Å². The molecule has 1 aromatic carbocycles. The molecule has 0 unspecified atom stereocenters. The number of rotatable bonds is 3. The van der Waals surface area contributed by atoms with Gasteiger partial charge in [-0.3, -0.25) is 10.2 Å². The number of morpholine rings is 1. The number of hydrogen-bond donors (Lipinski definition) is 1. The van der Waals surface area contributed by atoms with Gasteiger partial charge in [0.15, 0.2) is 17.0 Å². The Morgan fingerprint density at radius 1 is 1.10 bits per heavy atom. The minimum atomic E-state index is -4.74. The lowest BCUT2D eigenvalue weighted by atomic mass is 10.1. The number of ether oxygens (including phenoxy) is 1. The number of nitrogens with one attached hydrogen (secondary N) is 1. The van der Waals surface area contributed by atoms with Gasteiger partial charge in [0.2, 0.25) is 0 Å². The van der Waals surface area contributed by atoms with Crippen LogP contribution in [-0.4, -0.2) is 51.8 Å². The summed E-state index contributed by atoms with van der Waals surface area (Å²) in [5, 5.41) is 5.41. The minimum absolute atomic E-state index is 0.00939. The Hall–Kier alpha value is -3.05. The van der Waals surface area contributed by atoms with Gasteiger partial charge in [-0.05, 0) is 30.3 Å². The maximum atomic E-state index is 13.6. The molecule has 0 saturated carbocycles. The number of hydrogen-bond acceptors (Lipinski definition) is 5. The van der Waals surface area contributed by atoms with Crippen LogP contribution in [0.25, 0.3) is 16.9 Å². The Labute approximate surface area is 161 Å². The van der Waals surface area contributed by atoms with Crippen LogP contribution >= 0.6 is 0 Å². The number of benzene rings is 1. The summed E-state index contributed by atoms with van der Waals surface area (Å²) in [5.41, 5.74) is 1.45. The van der Waals surface area contributed by atoms with Crippen molar-refractivity contribution in [1.82, 2.24) is 25.0 Å². The van der Waals surface area contributed by atoms with Crippen LogP contribution in [0.2, 0.25) is 0 Å². The summed E-state index contributed by atoms with van der Waals surface area (Å²) in [5.74, 6) is -1.16. The zero-order valence-electron chi connectivity index (χ0n) is 14.9. The molecule has 29 heavy (non-hydrogen) atoms. The van der Waals surface area contributed by atoms with Crippen LogP contribution in [0, 0.1) is 5.82 Å². The van der Waals surface area contributed by atoms with E-state index in [9.17, 15) is 22.4 Å². The Kier molecular flexibility index (Phi) is 4.92. The van der Waals surface area contributed by atoms with Gasteiger partial charge in [-0.1, -0.05) is 0 Å². The van der Waals surface area contributed by atoms with E-state index in [-0.39, 0.29) is 17.0 Å². The van der Waals surface area contributed by atoms with Gasteiger partial charge in [0.25, 0.3) is 5.91 Å². The van der Waals surface area contributed by atoms with Crippen LogP contribution in [0.5, 0.6) is 0 Å². The summed E-state index contributed by atoms with van der Waals surface area (Å²) in [6.45, 7) is 1.79. The van der Waals surface area contributed by atoms with E-state index in [1.54, 1.807) is 5.01 Å². The average molecular weight is 409 g/mol. The van der Waals surface area contributed by atoms with E-state index < -0.39 is 23.6 Å². The standard InChI is InChI=1S/C18H15F4N5O2/c19-12-3-1-11(2-4-12)13-9-15(18(20,21)22)27-16(23-13)10-14(24-27)17(28)25-26-5-7-29-8-6-26/h1-4,9-10H,5-8H2,(H,25,28). The summed E-state index contributed by atoms with van der Waals surface area (Å²) >= 11 is 0. The Morgan fingerprint density at radius 3 is 2.45 bits per heavy atom. The first kappa shape index (κ1) is 19.3. The molecule has 7 nitrogen and oxygen atoms in total. The average Bonchev–Trinajstić information content (AvgIpc) is 3.12. The molecule has 0 spiro atoms. The van der Waals surface area contributed by atoms with E-state index in [4.69, 9.17) is 4.74 Å². The van der Waals surface area contributed by atoms with Crippen LogP contribution in [-0.2, 0) is 10.9 Å². The molecule has 1 fully saturated rings. The topological polar surface area (TPSA) is 71.8 Å². The van der Waals surface area contributed by atoms with Crippen molar-refractivity contribution >= 4 is 11.6 Å². The van der Waals surface area contributed by atoms with E-state index >= 15 is 0 Å². The Bertz CT molecular complexity index is 1040. The predicted molar refractivity (Wildman–Crippen MR) is 93.2 cm³/mol. The van der Waals surface area contributed by atoms with Crippen molar-refractivity contribution in [3.8, 4) is 11.3 Å². The summed E-state index contributed by atoms with van der Waals surface area (Å²) in [4.78, 5) is 16.6. The number of amides is 1. The predicted octanol–water partition coefficient (Wildman–Crippen LogP) is 2.53. The van der Waals surface area contributed by atoms with E-state index in [0.717, 1.165) is 18.2 Å². The Morgan fingerprint density at radius 2 is 1.79 bits per heavy atom. The summed E-state index contributed by atoms with van der Waals surface area (Å²) in [7, 11) is 0. The molecule has 2 aromatic heterocycles. The van der Waals surface area contributed by atoms with Crippen LogP contribution in [0.15, 0.2) is 36.4 Å². The van der Waals surface area contributed by atoms with E-state index in [1.807, 2.05) is 0 Å². The van der Waals surface area contributed by atoms with Gasteiger partial charge in [-0.15, -0.1) is 0 Å². The highest BCUT2D eigenvalue weighted by Crippen LogP contribution is 2.32. The molecule has 3 heterocycles. The molecule has 1 N–H and O–H groups in total. The quantitative estimate of drug-likeness (QED) is 0.674. The van der Waals surface area contributed by atoms with Gasteiger partial charge < -0.3 is 4.74 Å². The van der Waals surface area contributed by atoms with Crippen molar-refractivity contribution in [2.24, 2.45) is 0 Å². The van der Waals surface area contributed by atoms with E-state index in [1.165, 1.54) is 18.2 Å². The normalized spacial score (nSPS) is 15.6. The third kappa shape index (κ3) is 4.05. The number of aromatic nitrogens is 3. The smallest absolute Gasteiger partial charge is 0.379 e. The first-order valence-corrected chi connectivity index (χ1v) is 8.69. The molecule has 4 rings (SSSR count). The molecule has 1 aliphatic rings. The number of carbonyl (C=O) groups excluding carboxylic acids is 1. The van der Waals surface area contributed by atoms with Crippen LogP contribution < -0.4 is 5.43 Å². The lowest BCUT2D eigenvalue weighted by Crippen LogP contribution is -2.48. The molecule has 0 atom stereocenters. The maximum absolute atomic E-state index is 13.6. The molecule has 1 saturated heterocycles. The third-order valence-corrected chi connectivity index (χ3v) is 4.36. The monoisotopic (exact) mass is 409 g/mol. The van der Waals surface area contributed by atoms with Crippen LogP contribution in [0.3, 0.4) is 0 Å². The van der Waals surface area contributed by atoms with Crippen LogP contribution in [0.1, 0.15) is 16.2 Å². The van der Waals surface area contributed by atoms with Crippen molar-refractivity contribution in [2.75, 3.05) is 26.3 Å². The SMILES string of the molecule is O=C(NN1CCOCC1)c1cc2nc(-c3ccc(F)cc3)cc(C(F)(F)F)n2n1. The number of carbonyl (C=O) groups is 1. The summed E-state index contributed by atoms with van der Waals surface area (Å²) in [6.07, 6.45) is -4.74. The molecule has 1 aliphatic heterocycles. The first-order valence-electron chi connectivity index (χ1n) is 8.69. The number of halogens is 4. The lowest BCUT2D eigenvalue weighted by Gasteiger charge is -2.26. The molecular weight excluding hydrogens is 394 g/mol. The van der Waals surface area contributed by atoms with Crippen molar-refractivity contribution in [2.45, 2.75) is 6.18 Å². The fraction of sp³-hybridized carbons (Fsp3) is 0.278. The van der Waals surface area contributed by atoms with Gasteiger partial charge in [-0.25, -0.2) is 18.9 Å². The van der Waals surface area contributed by atoms with Gasteiger partial charge >= 0.3 is 6.18 Å². The highest BCUT2D eigenvalue weighted by atomic mass is 19.4. The third-order valence-electron chi connectivity index (χ3n) is 4.36. The lowest BCUT2D eigenvalue weighted by molar-refractivity contribution is -0.142. The number of hydrazine groups is 1. The number of nitrogens with zero attached hydrogens (tertiary/aromatic N) is 4. The molecule has 0 aliphatic carbocycles. The van der Waals surface area contributed by atoms with Crippen molar-refractivity contribution in [1.29, 1.82) is 0 Å². The van der Waals surface area contributed by atoms with E-state index in [0.29, 0.717) is 36.4 Å². The fourth-order valence-electron chi connectivity index (χ4n) is 2.93. The van der Waals surface area contributed by atoms with Crippen molar-refractivity contribution in [3.63, 3.8) is 0 Å². The second-order valence-electron chi connectivity index (χ2n) is 6.37. The number of fused-ring (bicyclic) bond motifs is 1. The van der Waals surface area contributed by atoms with Crippen molar-refractivity contribution < 1.29 is 27.1 Å². The molecule has 152 valence electrons. The summed E-state index contributed by atoms with van der Waals surface area (Å²) in [6, 6.07) is 6.92. The molecular formula is C18H15F4N5O2. The fourth-order valence-corrected chi connectivity index (χ4v) is 2.93. The second kappa shape index (κ2) is 7.41. The molecule has 0 radical (unpaired) electrons. The van der Waals surface area contributed by atoms with Gasteiger partial charge in [0.1, 0.15) is 5.82 Å². The van der Waals surface area contributed by atoms with E-state index in [2.05, 4.69) is 15.5 Å². The first-order chi connectivity index (χ1) is 13.8. The van der Waals surface area contributed by atoms with Crippen LogP contribution in [0.4, 0.5) is 17.6 Å². The summed E-state index contributed by atoms with van der Waals surface area (Å²) < 4.78 is 59.7. The molecule has 0 bridgehead atoms. The molecule has 1 amide bonds. The van der Waals surface area contributed by atoms with Crippen molar-refractivity contribution in [3.05, 3.63) is 53.6 Å². The largest absolute Gasteiger partial charge is 0.433 e. The van der Waals surface area contributed by atoms with Gasteiger partial charge in [0.05, 0.1) is 18.9 Å². The zero-order valence-corrected chi connectivity index (χ0v) is 14.9. The minimum Gasteiger partial charge on any atom is -0.379 e.